The molecule has 8 nitrogen and oxygen atoms in total. The molecule has 0 N–H and O–H groups in total. The van der Waals surface area contributed by atoms with Gasteiger partial charge in [-0.15, -0.1) is 15.3 Å². The molecule has 28 heavy (non-hydrogen) atoms. The Morgan fingerprint density at radius 3 is 2.79 bits per heavy atom. The van der Waals surface area contributed by atoms with E-state index in [-0.39, 0.29) is 5.41 Å². The van der Waals surface area contributed by atoms with Gasteiger partial charge in [0.15, 0.2) is 16.6 Å². The molecular weight excluding hydrogens is 374 g/mol. The molecule has 0 atom stereocenters. The van der Waals surface area contributed by atoms with Crippen molar-refractivity contribution in [3.8, 4) is 0 Å². The van der Waals surface area contributed by atoms with Crippen molar-refractivity contribution in [1.82, 2.24) is 24.8 Å². The number of anilines is 2. The molecule has 0 unspecified atom stereocenters. The maximum absolute atomic E-state index is 5.55. The van der Waals surface area contributed by atoms with E-state index in [4.69, 9.17) is 14.8 Å². The van der Waals surface area contributed by atoms with Gasteiger partial charge in [-0.1, -0.05) is 32.1 Å². The Bertz CT molecular complexity index is 992. The predicted molar refractivity (Wildman–Crippen MR) is 109 cm³/mol. The summed E-state index contributed by atoms with van der Waals surface area (Å²) in [5.41, 5.74) is 1.90. The smallest absolute Gasteiger partial charge is 0.185 e. The first kappa shape index (κ1) is 17.8. The van der Waals surface area contributed by atoms with Gasteiger partial charge in [0.2, 0.25) is 0 Å². The van der Waals surface area contributed by atoms with E-state index >= 15 is 0 Å². The molecule has 9 heteroatoms. The number of aromatic nitrogens is 5. The molecule has 5 heterocycles. The van der Waals surface area contributed by atoms with E-state index in [0.717, 1.165) is 48.5 Å². The molecule has 1 saturated heterocycles. The van der Waals surface area contributed by atoms with Crippen molar-refractivity contribution in [2.45, 2.75) is 45.3 Å². The summed E-state index contributed by atoms with van der Waals surface area (Å²) < 4.78 is 7.43. The van der Waals surface area contributed by atoms with Crippen molar-refractivity contribution in [3.05, 3.63) is 28.5 Å². The second kappa shape index (κ2) is 6.38. The van der Waals surface area contributed by atoms with Gasteiger partial charge in [-0.25, -0.2) is 4.98 Å². The minimum Gasteiger partial charge on any atom is -0.375 e. The monoisotopic (exact) mass is 399 g/mol. The zero-order chi connectivity index (χ0) is 19.5. The number of nitrogens with zero attached hydrogens (tertiary/aromatic N) is 7. The van der Waals surface area contributed by atoms with E-state index in [2.05, 4.69) is 47.8 Å². The second-order valence-electron chi connectivity index (χ2n) is 8.57. The summed E-state index contributed by atoms with van der Waals surface area (Å²) in [6.07, 6.45) is 0.926. The second-order valence-corrected chi connectivity index (χ2v) is 9.64. The lowest BCUT2D eigenvalue weighted by molar-refractivity contribution is 0.112. The molecule has 0 spiro atoms. The van der Waals surface area contributed by atoms with Crippen molar-refractivity contribution in [2.24, 2.45) is 0 Å². The van der Waals surface area contributed by atoms with Crippen molar-refractivity contribution in [3.63, 3.8) is 0 Å². The Morgan fingerprint density at radius 1 is 1.21 bits per heavy atom. The van der Waals surface area contributed by atoms with Crippen LogP contribution in [0.4, 0.5) is 10.9 Å². The standard InChI is InChI=1S/C19H25N7OS/c1-19(2,3)17-22-21-15-5-6-16(23-26(15)17)25-9-12(10-25)24(4)18-20-13-7-8-27-11-14(13)28-18/h5-6,12H,7-11H2,1-4H3. The highest BCUT2D eigenvalue weighted by Gasteiger charge is 2.33. The Morgan fingerprint density at radius 2 is 2.04 bits per heavy atom. The van der Waals surface area contributed by atoms with Crippen LogP contribution in [0.25, 0.3) is 5.65 Å². The van der Waals surface area contributed by atoms with Crippen LogP contribution in [0.2, 0.25) is 0 Å². The van der Waals surface area contributed by atoms with Crippen LogP contribution in [0.15, 0.2) is 12.1 Å². The van der Waals surface area contributed by atoms with Gasteiger partial charge < -0.3 is 14.5 Å². The zero-order valence-electron chi connectivity index (χ0n) is 16.7. The topological polar surface area (TPSA) is 71.7 Å². The van der Waals surface area contributed by atoms with Crippen LogP contribution < -0.4 is 9.80 Å². The van der Waals surface area contributed by atoms with Gasteiger partial charge in [0, 0.05) is 32.0 Å². The highest BCUT2D eigenvalue weighted by molar-refractivity contribution is 7.15. The van der Waals surface area contributed by atoms with Gasteiger partial charge in [-0.2, -0.15) is 4.52 Å². The summed E-state index contributed by atoms with van der Waals surface area (Å²) >= 11 is 1.76. The quantitative estimate of drug-likeness (QED) is 0.669. The molecule has 148 valence electrons. The van der Waals surface area contributed by atoms with Gasteiger partial charge >= 0.3 is 0 Å². The molecule has 5 rings (SSSR count). The number of hydrogen-bond donors (Lipinski definition) is 0. The minimum atomic E-state index is -0.101. The Labute approximate surface area is 168 Å². The summed E-state index contributed by atoms with van der Waals surface area (Å²) in [5.74, 6) is 1.85. The first-order valence-electron chi connectivity index (χ1n) is 9.67. The summed E-state index contributed by atoms with van der Waals surface area (Å²) in [6.45, 7) is 9.74. The first-order chi connectivity index (χ1) is 13.4. The number of ether oxygens (including phenoxy) is 1. The largest absolute Gasteiger partial charge is 0.375 e. The molecule has 0 aliphatic carbocycles. The maximum Gasteiger partial charge on any atom is 0.185 e. The van der Waals surface area contributed by atoms with Crippen LogP contribution in [0, 0.1) is 0 Å². The van der Waals surface area contributed by atoms with E-state index in [0.29, 0.717) is 12.6 Å². The van der Waals surface area contributed by atoms with Crippen LogP contribution in [0.3, 0.4) is 0 Å². The lowest BCUT2D eigenvalue weighted by Crippen LogP contribution is -2.59. The fraction of sp³-hybridized carbons (Fsp3) is 0.579. The fourth-order valence-electron chi connectivity index (χ4n) is 3.62. The Balaban J connectivity index is 1.32. The van der Waals surface area contributed by atoms with Gasteiger partial charge in [-0.3, -0.25) is 0 Å². The number of fused-ring (bicyclic) bond motifs is 2. The Hall–Kier alpha value is -2.26. The van der Waals surface area contributed by atoms with E-state index in [9.17, 15) is 0 Å². The summed E-state index contributed by atoms with van der Waals surface area (Å²) in [7, 11) is 2.14. The molecule has 0 saturated carbocycles. The molecule has 3 aromatic rings. The van der Waals surface area contributed by atoms with E-state index in [1.54, 1.807) is 11.3 Å². The third-order valence-corrected chi connectivity index (χ3v) is 6.60. The number of rotatable bonds is 3. The van der Waals surface area contributed by atoms with Gasteiger partial charge in [0.1, 0.15) is 5.82 Å². The Kier molecular flexibility index (Phi) is 4.06. The summed E-state index contributed by atoms with van der Waals surface area (Å²) in [5, 5.41) is 14.5. The fourth-order valence-corrected chi connectivity index (χ4v) is 4.70. The molecule has 0 aromatic carbocycles. The molecule has 0 radical (unpaired) electrons. The first-order valence-corrected chi connectivity index (χ1v) is 10.5. The SMILES string of the molecule is CN(c1nc2c(s1)COCC2)C1CN(c2ccc3nnc(C(C)(C)C)n3n2)C1. The number of hydrogen-bond acceptors (Lipinski definition) is 8. The summed E-state index contributed by atoms with van der Waals surface area (Å²) in [4.78, 5) is 10.7. The number of likely N-dealkylation sites (N-methyl/N-ethyl adjacent to an activating group) is 1. The molecule has 3 aromatic heterocycles. The van der Waals surface area contributed by atoms with Crippen molar-refractivity contribution >= 4 is 27.9 Å². The molecule has 1 fully saturated rings. The zero-order valence-corrected chi connectivity index (χ0v) is 17.5. The van der Waals surface area contributed by atoms with Crippen LogP contribution in [0.1, 0.15) is 37.2 Å². The minimum absolute atomic E-state index is 0.101. The van der Waals surface area contributed by atoms with Gasteiger partial charge in [0.05, 0.1) is 29.8 Å². The average Bonchev–Trinajstić information content (AvgIpc) is 3.23. The highest BCUT2D eigenvalue weighted by Crippen LogP contribution is 2.32. The van der Waals surface area contributed by atoms with Crippen LogP contribution in [-0.2, 0) is 23.2 Å². The highest BCUT2D eigenvalue weighted by atomic mass is 32.1. The van der Waals surface area contributed by atoms with Crippen molar-refractivity contribution in [1.29, 1.82) is 0 Å². The third kappa shape index (κ3) is 2.93. The third-order valence-electron chi connectivity index (χ3n) is 5.44. The van der Waals surface area contributed by atoms with Gasteiger partial charge in [0.25, 0.3) is 0 Å². The van der Waals surface area contributed by atoms with Crippen LogP contribution in [0.5, 0.6) is 0 Å². The van der Waals surface area contributed by atoms with Crippen molar-refractivity contribution in [2.75, 3.05) is 36.5 Å². The molecular formula is C19H25N7OS. The van der Waals surface area contributed by atoms with E-state index in [1.807, 2.05) is 16.6 Å². The molecule has 2 aliphatic heterocycles. The molecule has 2 aliphatic rings. The lowest BCUT2D eigenvalue weighted by atomic mass is 9.96. The van der Waals surface area contributed by atoms with Gasteiger partial charge in [-0.05, 0) is 12.1 Å². The van der Waals surface area contributed by atoms with Crippen LogP contribution in [-0.4, -0.2) is 57.6 Å². The predicted octanol–water partition coefficient (Wildman–Crippen LogP) is 2.28. The molecule has 0 bridgehead atoms. The number of thiazole rings is 1. The average molecular weight is 400 g/mol. The normalized spacial score (nSPS) is 17.6. The van der Waals surface area contributed by atoms with E-state index in [1.165, 1.54) is 10.6 Å². The van der Waals surface area contributed by atoms with E-state index < -0.39 is 0 Å². The maximum atomic E-state index is 5.55. The van der Waals surface area contributed by atoms with Crippen molar-refractivity contribution < 1.29 is 4.74 Å². The summed E-state index contributed by atoms with van der Waals surface area (Å²) in [6, 6.07) is 4.47. The van der Waals surface area contributed by atoms with Crippen LogP contribution >= 0.6 is 11.3 Å². The molecule has 0 amide bonds. The lowest BCUT2D eigenvalue weighted by Gasteiger charge is -2.44.